The molecule has 1 amide bonds. The van der Waals surface area contributed by atoms with Crippen LogP contribution in [0.1, 0.15) is 24.0 Å². The summed E-state index contributed by atoms with van der Waals surface area (Å²) in [7, 11) is 0. The zero-order valence-corrected chi connectivity index (χ0v) is 16.5. The number of piperazine rings is 1. The highest BCUT2D eigenvalue weighted by Crippen LogP contribution is 2.26. The molecule has 1 N–H and O–H groups in total. The number of hydrogen-bond donors (Lipinski definition) is 1. The molecule has 0 radical (unpaired) electrons. The number of carbonyl (C=O) groups excluding carboxylic acids is 1. The molecule has 0 aromatic heterocycles. The van der Waals surface area contributed by atoms with Crippen LogP contribution in [0.15, 0.2) is 48.5 Å². The van der Waals surface area contributed by atoms with Gasteiger partial charge >= 0.3 is 0 Å². The molecule has 0 atom stereocenters. The summed E-state index contributed by atoms with van der Waals surface area (Å²) >= 11 is 0. The molecule has 2 aliphatic rings. The van der Waals surface area contributed by atoms with Crippen LogP contribution in [0.4, 0.5) is 11.4 Å². The van der Waals surface area contributed by atoms with Crippen molar-refractivity contribution in [2.45, 2.75) is 25.7 Å². The molecule has 4 nitrogen and oxygen atoms in total. The number of halogens is 1. The molecule has 0 unspecified atom stereocenters. The summed E-state index contributed by atoms with van der Waals surface area (Å²) < 4.78 is 0. The molecule has 2 aromatic carbocycles. The van der Waals surface area contributed by atoms with Gasteiger partial charge in [0.05, 0.1) is 0 Å². The summed E-state index contributed by atoms with van der Waals surface area (Å²) in [6.45, 7) is 5.64. The van der Waals surface area contributed by atoms with Gasteiger partial charge in [-0.3, -0.25) is 9.69 Å². The second kappa shape index (κ2) is 9.25. The van der Waals surface area contributed by atoms with E-state index in [9.17, 15) is 4.79 Å². The van der Waals surface area contributed by atoms with Crippen LogP contribution < -0.4 is 10.2 Å². The zero-order valence-electron chi connectivity index (χ0n) is 15.7. The molecule has 0 spiro atoms. The molecule has 2 aliphatic heterocycles. The maximum Gasteiger partial charge on any atom is 0.224 e. The van der Waals surface area contributed by atoms with Crippen LogP contribution in [0.3, 0.4) is 0 Å². The minimum absolute atomic E-state index is 0. The molecule has 2 aromatic rings. The Labute approximate surface area is 168 Å². The summed E-state index contributed by atoms with van der Waals surface area (Å²) in [5.74, 6) is 0.144. The lowest BCUT2D eigenvalue weighted by Crippen LogP contribution is -2.46. The average Bonchev–Trinajstić information content (AvgIpc) is 2.69. The molecular formula is C22H28ClN3O. The van der Waals surface area contributed by atoms with E-state index in [-0.39, 0.29) is 18.3 Å². The van der Waals surface area contributed by atoms with Crippen molar-refractivity contribution < 1.29 is 4.79 Å². The highest BCUT2D eigenvalue weighted by Gasteiger charge is 2.19. The van der Waals surface area contributed by atoms with Crippen LogP contribution in [-0.4, -0.2) is 43.5 Å². The first kappa shape index (κ1) is 19.7. The number of fused-ring (bicyclic) bond motifs is 1. The van der Waals surface area contributed by atoms with Gasteiger partial charge in [-0.15, -0.1) is 12.4 Å². The molecule has 4 rings (SSSR count). The van der Waals surface area contributed by atoms with E-state index >= 15 is 0 Å². The Bertz CT molecular complexity index is 757. The van der Waals surface area contributed by atoms with Gasteiger partial charge in [-0.2, -0.15) is 0 Å². The molecule has 2 heterocycles. The normalized spacial score (nSPS) is 17.0. The largest absolute Gasteiger partial charge is 0.369 e. The predicted octanol–water partition coefficient (Wildman–Crippen LogP) is 3.75. The van der Waals surface area contributed by atoms with Crippen LogP contribution in [0.5, 0.6) is 0 Å². The lowest BCUT2D eigenvalue weighted by Gasteiger charge is -2.36. The highest BCUT2D eigenvalue weighted by atomic mass is 35.5. The second-order valence-electron chi connectivity index (χ2n) is 7.26. The van der Waals surface area contributed by atoms with Crippen LogP contribution in [0, 0.1) is 0 Å². The third-order valence-electron chi connectivity index (χ3n) is 5.56. The van der Waals surface area contributed by atoms with Crippen LogP contribution in [0.25, 0.3) is 0 Å². The topological polar surface area (TPSA) is 35.6 Å². The van der Waals surface area contributed by atoms with Crippen molar-refractivity contribution in [2.75, 3.05) is 42.9 Å². The lowest BCUT2D eigenvalue weighted by atomic mass is 9.94. The summed E-state index contributed by atoms with van der Waals surface area (Å²) in [5, 5.41) is 3.01. The lowest BCUT2D eigenvalue weighted by molar-refractivity contribution is -0.116. The highest BCUT2D eigenvalue weighted by molar-refractivity contribution is 5.94. The number of nitrogens with one attached hydrogen (secondary N) is 1. The van der Waals surface area contributed by atoms with Crippen molar-refractivity contribution in [3.05, 3.63) is 59.7 Å². The van der Waals surface area contributed by atoms with E-state index in [1.165, 1.54) is 23.2 Å². The van der Waals surface area contributed by atoms with Gasteiger partial charge in [-0.05, 0) is 55.1 Å². The van der Waals surface area contributed by atoms with Gasteiger partial charge in [-0.25, -0.2) is 0 Å². The minimum atomic E-state index is 0. The van der Waals surface area contributed by atoms with Gasteiger partial charge in [-0.1, -0.05) is 30.3 Å². The number of carbonyl (C=O) groups is 1. The molecule has 0 saturated carbocycles. The monoisotopic (exact) mass is 385 g/mol. The Balaban J connectivity index is 0.00000210. The van der Waals surface area contributed by atoms with E-state index in [1.807, 2.05) is 6.07 Å². The molecule has 1 fully saturated rings. The number of hydrogen-bond acceptors (Lipinski definition) is 3. The van der Waals surface area contributed by atoms with Gasteiger partial charge in [0.15, 0.2) is 0 Å². The fourth-order valence-electron chi connectivity index (χ4n) is 4.09. The first-order chi connectivity index (χ1) is 12.8. The van der Waals surface area contributed by atoms with E-state index in [2.05, 4.69) is 57.6 Å². The molecule has 0 bridgehead atoms. The Hall–Kier alpha value is -2.04. The zero-order chi connectivity index (χ0) is 17.8. The van der Waals surface area contributed by atoms with Crippen molar-refractivity contribution in [1.29, 1.82) is 0 Å². The quantitative estimate of drug-likeness (QED) is 0.851. The smallest absolute Gasteiger partial charge is 0.224 e. The van der Waals surface area contributed by atoms with Crippen molar-refractivity contribution in [3.63, 3.8) is 0 Å². The van der Waals surface area contributed by atoms with E-state index in [1.54, 1.807) is 0 Å². The fourth-order valence-corrected chi connectivity index (χ4v) is 4.09. The van der Waals surface area contributed by atoms with Crippen molar-refractivity contribution >= 4 is 29.7 Å². The van der Waals surface area contributed by atoms with Crippen molar-refractivity contribution in [3.8, 4) is 0 Å². The Morgan fingerprint density at radius 2 is 1.67 bits per heavy atom. The van der Waals surface area contributed by atoms with Gasteiger partial charge in [0.1, 0.15) is 0 Å². The Morgan fingerprint density at radius 3 is 2.44 bits per heavy atom. The van der Waals surface area contributed by atoms with Gasteiger partial charge in [0, 0.05) is 44.0 Å². The number of rotatable bonds is 5. The third-order valence-corrected chi connectivity index (χ3v) is 5.56. The summed E-state index contributed by atoms with van der Waals surface area (Å²) in [6.07, 6.45) is 3.77. The summed E-state index contributed by atoms with van der Waals surface area (Å²) in [4.78, 5) is 16.6. The Morgan fingerprint density at radius 1 is 0.889 bits per heavy atom. The van der Waals surface area contributed by atoms with Crippen LogP contribution in [0.2, 0.25) is 0 Å². The summed E-state index contributed by atoms with van der Waals surface area (Å²) in [6, 6.07) is 17.0. The van der Waals surface area contributed by atoms with Crippen molar-refractivity contribution in [1.82, 2.24) is 4.90 Å². The van der Waals surface area contributed by atoms with E-state index in [4.69, 9.17) is 0 Å². The standard InChI is InChI=1S/C22H27N3O.ClH/c26-22-12-11-20-18(6-4-10-21(20)23-22)7-5-13-24-14-16-25(17-15-24)19-8-2-1-3-9-19;/h1-4,6,8-10H,5,7,11-17H2,(H,23,26);1H. The van der Waals surface area contributed by atoms with E-state index < -0.39 is 0 Å². The molecule has 27 heavy (non-hydrogen) atoms. The number of amides is 1. The number of nitrogens with zero attached hydrogens (tertiary/aromatic N) is 2. The number of para-hydroxylation sites is 1. The van der Waals surface area contributed by atoms with Crippen LogP contribution >= 0.6 is 12.4 Å². The predicted molar refractivity (Wildman–Crippen MR) is 114 cm³/mol. The van der Waals surface area contributed by atoms with Crippen LogP contribution in [-0.2, 0) is 17.6 Å². The van der Waals surface area contributed by atoms with Gasteiger partial charge < -0.3 is 10.2 Å². The molecule has 0 aliphatic carbocycles. The SMILES string of the molecule is Cl.O=C1CCc2c(CCCN3CCN(c4ccccc4)CC3)cccc2N1. The minimum Gasteiger partial charge on any atom is -0.369 e. The summed E-state index contributed by atoms with van der Waals surface area (Å²) in [5.41, 5.74) is 5.12. The number of aryl methyl sites for hydroxylation is 1. The Kier molecular flexibility index (Phi) is 6.75. The number of anilines is 2. The van der Waals surface area contributed by atoms with Crippen molar-refractivity contribution in [2.24, 2.45) is 0 Å². The second-order valence-corrected chi connectivity index (χ2v) is 7.26. The first-order valence-corrected chi connectivity index (χ1v) is 9.72. The maximum atomic E-state index is 11.6. The number of benzene rings is 2. The average molecular weight is 386 g/mol. The molecule has 1 saturated heterocycles. The molecule has 144 valence electrons. The molecular weight excluding hydrogens is 358 g/mol. The van der Waals surface area contributed by atoms with Gasteiger partial charge in [0.25, 0.3) is 0 Å². The van der Waals surface area contributed by atoms with Gasteiger partial charge in [0.2, 0.25) is 5.91 Å². The maximum absolute atomic E-state index is 11.6. The van der Waals surface area contributed by atoms with E-state index in [0.717, 1.165) is 51.3 Å². The third kappa shape index (κ3) is 4.82. The first-order valence-electron chi connectivity index (χ1n) is 9.72. The molecule has 5 heteroatoms. The fraction of sp³-hybridized carbons (Fsp3) is 0.409. The van der Waals surface area contributed by atoms with E-state index in [0.29, 0.717) is 6.42 Å².